The van der Waals surface area contributed by atoms with Crippen LogP contribution in [0.5, 0.6) is 0 Å². The van der Waals surface area contributed by atoms with Gasteiger partial charge in [-0.2, -0.15) is 0 Å². The Balaban J connectivity index is 1.69. The van der Waals surface area contributed by atoms with E-state index >= 15 is 0 Å². The lowest BCUT2D eigenvalue weighted by molar-refractivity contribution is 0.0454. The fraction of sp³-hybridized carbons (Fsp3) is 0.500. The van der Waals surface area contributed by atoms with Gasteiger partial charge < -0.3 is 18.9 Å². The van der Waals surface area contributed by atoms with Crippen molar-refractivity contribution in [3.63, 3.8) is 0 Å². The fourth-order valence-electron chi connectivity index (χ4n) is 3.99. The number of carbonyl (C=O) groups excluding carboxylic acids is 1. The van der Waals surface area contributed by atoms with Gasteiger partial charge in [-0.05, 0) is 30.9 Å². The minimum absolute atomic E-state index is 0.0424. The Bertz CT molecular complexity index is 883. The molecule has 0 N–H and O–H groups in total. The third kappa shape index (κ3) is 3.04. The second-order valence-corrected chi connectivity index (χ2v) is 7.01. The van der Waals surface area contributed by atoms with Crippen molar-refractivity contribution in [1.82, 2.24) is 9.47 Å². The standard InChI is InChI=1S/C20H24N2O4/c1-25-11-9-22(12-15-5-3-10-26-15)20(24)17-13-21-8-7-14-4-2-6-16(18(14)21)19(17)23/h2,4,6,13,15H,3,5,7-12H2,1H3. The van der Waals surface area contributed by atoms with Crippen molar-refractivity contribution < 1.29 is 14.3 Å². The highest BCUT2D eigenvalue weighted by molar-refractivity contribution is 5.98. The van der Waals surface area contributed by atoms with Crippen molar-refractivity contribution >= 4 is 16.8 Å². The second-order valence-electron chi connectivity index (χ2n) is 7.01. The molecule has 3 heterocycles. The zero-order chi connectivity index (χ0) is 18.1. The Morgan fingerprint density at radius 1 is 1.42 bits per heavy atom. The van der Waals surface area contributed by atoms with Gasteiger partial charge >= 0.3 is 0 Å². The zero-order valence-electron chi connectivity index (χ0n) is 15.1. The molecule has 6 nitrogen and oxygen atoms in total. The minimum atomic E-state index is -0.231. The Morgan fingerprint density at radius 2 is 2.31 bits per heavy atom. The highest BCUT2D eigenvalue weighted by Crippen LogP contribution is 2.24. The van der Waals surface area contributed by atoms with E-state index in [0.717, 1.165) is 37.9 Å². The molecule has 1 fully saturated rings. The molecule has 138 valence electrons. The van der Waals surface area contributed by atoms with Gasteiger partial charge in [0.1, 0.15) is 5.56 Å². The van der Waals surface area contributed by atoms with Gasteiger partial charge in [0.05, 0.1) is 18.2 Å². The number of benzene rings is 1. The summed E-state index contributed by atoms with van der Waals surface area (Å²) < 4.78 is 12.9. The van der Waals surface area contributed by atoms with Gasteiger partial charge in [0.2, 0.25) is 5.43 Å². The van der Waals surface area contributed by atoms with Crippen molar-refractivity contribution in [3.05, 3.63) is 45.7 Å². The van der Waals surface area contributed by atoms with Crippen LogP contribution in [0, 0.1) is 0 Å². The predicted molar refractivity (Wildman–Crippen MR) is 98.7 cm³/mol. The van der Waals surface area contributed by atoms with Gasteiger partial charge in [0.25, 0.3) is 5.91 Å². The van der Waals surface area contributed by atoms with E-state index in [0.29, 0.717) is 25.1 Å². The van der Waals surface area contributed by atoms with Crippen LogP contribution in [-0.2, 0) is 22.4 Å². The summed E-state index contributed by atoms with van der Waals surface area (Å²) in [6.07, 6.45) is 4.64. The van der Waals surface area contributed by atoms with Crippen molar-refractivity contribution in [2.75, 3.05) is 33.4 Å². The summed E-state index contributed by atoms with van der Waals surface area (Å²) in [6.45, 7) is 2.93. The van der Waals surface area contributed by atoms with Crippen LogP contribution in [0.2, 0.25) is 0 Å². The van der Waals surface area contributed by atoms with Crippen LogP contribution in [0.3, 0.4) is 0 Å². The SMILES string of the molecule is COCCN(CC1CCCO1)C(=O)c1cn2c3c(cccc3c1=O)CC2. The van der Waals surface area contributed by atoms with Crippen LogP contribution >= 0.6 is 0 Å². The number of aryl methyl sites for hydroxylation is 2. The first-order chi connectivity index (χ1) is 12.7. The van der Waals surface area contributed by atoms with Crippen LogP contribution in [0.4, 0.5) is 0 Å². The molecule has 1 atom stereocenters. The number of pyridine rings is 1. The van der Waals surface area contributed by atoms with Crippen LogP contribution in [-0.4, -0.2) is 54.9 Å². The first-order valence-corrected chi connectivity index (χ1v) is 9.24. The molecular formula is C20H24N2O4. The maximum Gasteiger partial charge on any atom is 0.259 e. The summed E-state index contributed by atoms with van der Waals surface area (Å²) in [5.74, 6) is -0.231. The molecule has 26 heavy (non-hydrogen) atoms. The lowest BCUT2D eigenvalue weighted by Crippen LogP contribution is -2.41. The van der Waals surface area contributed by atoms with Crippen LogP contribution < -0.4 is 5.43 Å². The largest absolute Gasteiger partial charge is 0.383 e. The van der Waals surface area contributed by atoms with Gasteiger partial charge in [-0.3, -0.25) is 9.59 Å². The van der Waals surface area contributed by atoms with E-state index < -0.39 is 0 Å². The summed E-state index contributed by atoms with van der Waals surface area (Å²) in [4.78, 5) is 27.9. The third-order valence-corrected chi connectivity index (χ3v) is 5.33. The minimum Gasteiger partial charge on any atom is -0.383 e. The zero-order valence-corrected chi connectivity index (χ0v) is 15.1. The van der Waals surface area contributed by atoms with Gasteiger partial charge in [-0.1, -0.05) is 12.1 Å². The number of aromatic nitrogens is 1. The average Bonchev–Trinajstić information content (AvgIpc) is 3.31. The lowest BCUT2D eigenvalue weighted by Gasteiger charge is -2.25. The topological polar surface area (TPSA) is 60.8 Å². The van der Waals surface area contributed by atoms with E-state index in [1.807, 2.05) is 16.7 Å². The molecule has 1 amide bonds. The summed E-state index contributed by atoms with van der Waals surface area (Å²) in [7, 11) is 1.61. The van der Waals surface area contributed by atoms with Crippen molar-refractivity contribution in [3.8, 4) is 0 Å². The van der Waals surface area contributed by atoms with E-state index in [1.165, 1.54) is 5.56 Å². The molecule has 0 spiro atoms. The molecule has 0 saturated carbocycles. The van der Waals surface area contributed by atoms with Crippen molar-refractivity contribution in [1.29, 1.82) is 0 Å². The van der Waals surface area contributed by atoms with Crippen molar-refractivity contribution in [2.24, 2.45) is 0 Å². The maximum atomic E-state index is 13.2. The predicted octanol–water partition coefficient (Wildman–Crippen LogP) is 1.83. The highest BCUT2D eigenvalue weighted by Gasteiger charge is 2.27. The van der Waals surface area contributed by atoms with E-state index in [1.54, 1.807) is 18.2 Å². The number of carbonyl (C=O) groups is 1. The quantitative estimate of drug-likeness (QED) is 0.792. The highest BCUT2D eigenvalue weighted by atomic mass is 16.5. The molecule has 6 heteroatoms. The molecule has 1 aromatic heterocycles. The van der Waals surface area contributed by atoms with Crippen LogP contribution in [0.1, 0.15) is 28.8 Å². The smallest absolute Gasteiger partial charge is 0.259 e. The molecule has 2 aromatic rings. The molecule has 1 aromatic carbocycles. The third-order valence-electron chi connectivity index (χ3n) is 5.33. The van der Waals surface area contributed by atoms with E-state index in [9.17, 15) is 9.59 Å². The molecular weight excluding hydrogens is 332 g/mol. The van der Waals surface area contributed by atoms with Gasteiger partial charge in [-0.25, -0.2) is 0 Å². The van der Waals surface area contributed by atoms with Gasteiger partial charge in [0.15, 0.2) is 0 Å². The first-order valence-electron chi connectivity index (χ1n) is 9.24. The number of nitrogens with zero attached hydrogens (tertiary/aromatic N) is 2. The van der Waals surface area contributed by atoms with Crippen LogP contribution in [0.25, 0.3) is 10.9 Å². The lowest BCUT2D eigenvalue weighted by atomic mass is 10.1. The number of methoxy groups -OCH3 is 1. The molecule has 0 bridgehead atoms. The Labute approximate surface area is 152 Å². The number of hydrogen-bond donors (Lipinski definition) is 0. The van der Waals surface area contributed by atoms with Crippen molar-refractivity contribution in [2.45, 2.75) is 31.9 Å². The van der Waals surface area contributed by atoms with E-state index in [4.69, 9.17) is 9.47 Å². The maximum absolute atomic E-state index is 13.2. The summed E-state index contributed by atoms with van der Waals surface area (Å²) in [5, 5.41) is 0.634. The molecule has 2 aliphatic rings. The fourth-order valence-corrected chi connectivity index (χ4v) is 3.99. The number of rotatable bonds is 6. The molecule has 2 aliphatic heterocycles. The van der Waals surface area contributed by atoms with E-state index in [-0.39, 0.29) is 23.0 Å². The molecule has 1 saturated heterocycles. The molecule has 4 rings (SSSR count). The van der Waals surface area contributed by atoms with E-state index in [2.05, 4.69) is 6.07 Å². The number of ether oxygens (including phenoxy) is 2. The average molecular weight is 356 g/mol. The molecule has 1 unspecified atom stereocenters. The number of amides is 1. The van der Waals surface area contributed by atoms with Gasteiger partial charge in [0, 0.05) is 44.9 Å². The number of para-hydroxylation sites is 1. The molecule has 0 aliphatic carbocycles. The first kappa shape index (κ1) is 17.2. The number of hydrogen-bond acceptors (Lipinski definition) is 4. The monoisotopic (exact) mass is 356 g/mol. The van der Waals surface area contributed by atoms with Gasteiger partial charge in [-0.15, -0.1) is 0 Å². The summed E-state index contributed by atoms with van der Waals surface area (Å²) in [6, 6.07) is 5.77. The Morgan fingerprint density at radius 3 is 3.08 bits per heavy atom. The second kappa shape index (κ2) is 7.21. The molecule has 0 radical (unpaired) electrons. The Kier molecular flexibility index (Phi) is 4.78. The summed E-state index contributed by atoms with van der Waals surface area (Å²) >= 11 is 0. The Hall–Kier alpha value is -2.18. The normalized spacial score (nSPS) is 18.6. The summed E-state index contributed by atoms with van der Waals surface area (Å²) in [5.41, 5.74) is 2.20. The van der Waals surface area contributed by atoms with Crippen LogP contribution in [0.15, 0.2) is 29.2 Å².